The van der Waals surface area contributed by atoms with Crippen LogP contribution in [0.15, 0.2) is 24.3 Å². The molecule has 0 atom stereocenters. The highest BCUT2D eigenvalue weighted by atomic mass is 14.3. The molecule has 0 amide bonds. The van der Waals surface area contributed by atoms with Gasteiger partial charge in [-0.1, -0.05) is 111 Å². The van der Waals surface area contributed by atoms with E-state index in [2.05, 4.69) is 72.7 Å². The number of aryl methyl sites for hydroxylation is 4. The summed E-state index contributed by atoms with van der Waals surface area (Å²) in [5, 5.41) is 0. The lowest BCUT2D eigenvalue weighted by Gasteiger charge is -2.31. The first kappa shape index (κ1) is 33.6. The van der Waals surface area contributed by atoms with Gasteiger partial charge in [0.1, 0.15) is 0 Å². The summed E-state index contributed by atoms with van der Waals surface area (Å²) >= 11 is 0. The Morgan fingerprint density at radius 3 is 0.974 bits per heavy atom. The summed E-state index contributed by atoms with van der Waals surface area (Å²) in [6.07, 6.45) is 24.2. The molecule has 220 valence electrons. The molecule has 0 saturated heterocycles. The molecule has 0 aliphatic rings. The highest BCUT2D eigenvalue weighted by Crippen LogP contribution is 2.41. The van der Waals surface area contributed by atoms with Crippen LogP contribution >= 0.6 is 0 Å². The van der Waals surface area contributed by atoms with Crippen LogP contribution in [0, 0.1) is 0 Å². The average molecular weight is 533 g/mol. The smallest absolute Gasteiger partial charge is 0.00978 e. The summed E-state index contributed by atoms with van der Waals surface area (Å²) in [6, 6.07) is 10.2. The molecule has 0 aliphatic carbocycles. The Morgan fingerprint density at radius 1 is 0.385 bits per heavy atom. The third-order valence-corrected chi connectivity index (χ3v) is 8.95. The zero-order valence-electron chi connectivity index (χ0n) is 27.3. The van der Waals surface area contributed by atoms with E-state index in [4.69, 9.17) is 0 Å². The molecule has 0 fully saturated rings. The van der Waals surface area contributed by atoms with Gasteiger partial charge >= 0.3 is 0 Å². The fraction of sp³-hybridized carbons (Fsp3) is 0.692. The Hall–Kier alpha value is -1.56. The van der Waals surface area contributed by atoms with Crippen molar-refractivity contribution >= 4 is 0 Å². The Labute approximate surface area is 244 Å². The molecule has 2 aromatic carbocycles. The minimum absolute atomic E-state index is 0.533. The third-order valence-electron chi connectivity index (χ3n) is 8.95. The Balaban J connectivity index is 2.89. The predicted molar refractivity (Wildman–Crippen MR) is 177 cm³/mol. The summed E-state index contributed by atoms with van der Waals surface area (Å²) < 4.78 is 0. The monoisotopic (exact) mass is 533 g/mol. The second kappa shape index (κ2) is 19.5. The van der Waals surface area contributed by atoms with E-state index < -0.39 is 0 Å². The molecule has 0 aromatic heterocycles. The molecule has 0 saturated carbocycles. The van der Waals surface area contributed by atoms with Gasteiger partial charge in [-0.3, -0.25) is 0 Å². The van der Waals surface area contributed by atoms with E-state index in [1.54, 1.807) is 44.5 Å². The lowest BCUT2D eigenvalue weighted by molar-refractivity contribution is 0.674. The van der Waals surface area contributed by atoms with Crippen molar-refractivity contribution in [1.29, 1.82) is 0 Å². The fourth-order valence-electron chi connectivity index (χ4n) is 6.61. The van der Waals surface area contributed by atoms with Crippen molar-refractivity contribution < 1.29 is 0 Å². The summed E-state index contributed by atoms with van der Waals surface area (Å²) in [5.74, 6) is 0.533. The average Bonchev–Trinajstić information content (AvgIpc) is 2.96. The number of rotatable bonds is 21. The zero-order valence-corrected chi connectivity index (χ0v) is 27.3. The van der Waals surface area contributed by atoms with E-state index in [0.29, 0.717) is 5.92 Å². The van der Waals surface area contributed by atoms with Crippen LogP contribution in [0.25, 0.3) is 0 Å². The van der Waals surface area contributed by atoms with E-state index in [1.165, 1.54) is 122 Å². The highest BCUT2D eigenvalue weighted by molar-refractivity contribution is 5.53. The van der Waals surface area contributed by atoms with Gasteiger partial charge in [0.15, 0.2) is 0 Å². The van der Waals surface area contributed by atoms with Gasteiger partial charge in [-0.25, -0.2) is 0 Å². The molecule has 0 heteroatoms. The molecule has 0 aliphatic heterocycles. The van der Waals surface area contributed by atoms with Crippen molar-refractivity contribution in [3.63, 3.8) is 0 Å². The largest absolute Gasteiger partial charge is 0.0654 e. The van der Waals surface area contributed by atoms with Gasteiger partial charge in [-0.15, -0.1) is 0 Å². The Morgan fingerprint density at radius 2 is 0.667 bits per heavy atom. The van der Waals surface area contributed by atoms with Crippen LogP contribution in [-0.4, -0.2) is 0 Å². The minimum atomic E-state index is 0.533. The molecule has 0 bridgehead atoms. The molecule has 39 heavy (non-hydrogen) atoms. The van der Waals surface area contributed by atoms with Crippen LogP contribution in [0.1, 0.15) is 182 Å². The molecule has 0 nitrogen and oxygen atoms in total. The molecular weight excluding hydrogens is 468 g/mol. The Bertz CT molecular complexity index is 858. The second-order valence-corrected chi connectivity index (χ2v) is 12.1. The molecule has 0 spiro atoms. The van der Waals surface area contributed by atoms with Gasteiger partial charge < -0.3 is 0 Å². The van der Waals surface area contributed by atoms with Gasteiger partial charge in [0.25, 0.3) is 0 Å². The number of hydrogen-bond acceptors (Lipinski definition) is 0. The van der Waals surface area contributed by atoms with E-state index in [0.717, 1.165) is 0 Å². The SMILES string of the molecule is CCCCc1ccc(CCCC)c(C(CC)c2c(CCCC)ccc(CCCC)c2CCCC)c1CCCC. The molecule has 0 heterocycles. The van der Waals surface area contributed by atoms with Gasteiger partial charge in [0.05, 0.1) is 0 Å². The predicted octanol–water partition coefficient (Wildman–Crippen LogP) is 12.3. The summed E-state index contributed by atoms with van der Waals surface area (Å²) in [5.41, 5.74) is 13.7. The molecular formula is C39H64. The van der Waals surface area contributed by atoms with Crippen LogP contribution in [0.3, 0.4) is 0 Å². The van der Waals surface area contributed by atoms with Crippen LogP contribution in [0.2, 0.25) is 0 Å². The standard InChI is InChI=1S/C39H64/c1-8-15-21-31-27-29-33(23-17-10-3)38(36(31)25-19-12-5)35(14-7)39-34(24-18-11-4)30-28-32(22-16-9-2)37(39)26-20-13-6/h27-30,35H,8-26H2,1-7H3. The van der Waals surface area contributed by atoms with Crippen LogP contribution in [0.5, 0.6) is 0 Å². The normalized spacial score (nSPS) is 11.6. The van der Waals surface area contributed by atoms with Gasteiger partial charge in [-0.05, 0) is 128 Å². The number of benzene rings is 2. The third kappa shape index (κ3) is 9.79. The van der Waals surface area contributed by atoms with Gasteiger partial charge in [-0.2, -0.15) is 0 Å². The van der Waals surface area contributed by atoms with E-state index in [-0.39, 0.29) is 0 Å². The Kier molecular flexibility index (Phi) is 16.8. The fourth-order valence-corrected chi connectivity index (χ4v) is 6.61. The van der Waals surface area contributed by atoms with Gasteiger partial charge in [0, 0.05) is 5.92 Å². The van der Waals surface area contributed by atoms with Crippen molar-refractivity contribution in [2.24, 2.45) is 0 Å². The maximum atomic E-state index is 2.56. The first-order valence-electron chi connectivity index (χ1n) is 17.4. The molecule has 2 rings (SSSR count). The van der Waals surface area contributed by atoms with Crippen molar-refractivity contribution in [2.75, 3.05) is 0 Å². The van der Waals surface area contributed by atoms with E-state index in [9.17, 15) is 0 Å². The zero-order chi connectivity index (χ0) is 28.5. The minimum Gasteiger partial charge on any atom is -0.0654 e. The van der Waals surface area contributed by atoms with Crippen molar-refractivity contribution in [3.8, 4) is 0 Å². The lowest BCUT2D eigenvalue weighted by Crippen LogP contribution is -2.16. The summed E-state index contributed by atoms with van der Waals surface area (Å²) in [6.45, 7) is 16.6. The van der Waals surface area contributed by atoms with Crippen LogP contribution < -0.4 is 0 Å². The first-order valence-corrected chi connectivity index (χ1v) is 17.4. The molecule has 0 radical (unpaired) electrons. The molecule has 0 N–H and O–H groups in total. The number of unbranched alkanes of at least 4 members (excludes halogenated alkanes) is 6. The lowest BCUT2D eigenvalue weighted by atomic mass is 9.74. The summed E-state index contributed by atoms with van der Waals surface area (Å²) in [7, 11) is 0. The topological polar surface area (TPSA) is 0 Å². The first-order chi connectivity index (χ1) is 19.1. The summed E-state index contributed by atoms with van der Waals surface area (Å²) in [4.78, 5) is 0. The molecule has 0 unspecified atom stereocenters. The van der Waals surface area contributed by atoms with Crippen molar-refractivity contribution in [3.05, 3.63) is 68.8 Å². The molecule has 2 aromatic rings. The number of hydrogen-bond donors (Lipinski definition) is 0. The van der Waals surface area contributed by atoms with Crippen LogP contribution in [-0.2, 0) is 38.5 Å². The quantitative estimate of drug-likeness (QED) is 0.150. The van der Waals surface area contributed by atoms with Crippen molar-refractivity contribution in [1.82, 2.24) is 0 Å². The highest BCUT2D eigenvalue weighted by Gasteiger charge is 2.26. The van der Waals surface area contributed by atoms with E-state index >= 15 is 0 Å². The second-order valence-electron chi connectivity index (χ2n) is 12.1. The maximum absolute atomic E-state index is 2.56. The van der Waals surface area contributed by atoms with Crippen LogP contribution in [0.4, 0.5) is 0 Å². The van der Waals surface area contributed by atoms with Crippen molar-refractivity contribution in [2.45, 2.75) is 176 Å². The maximum Gasteiger partial charge on any atom is 0.00978 e. The van der Waals surface area contributed by atoms with Gasteiger partial charge in [0.2, 0.25) is 0 Å². The van der Waals surface area contributed by atoms with E-state index in [1.807, 2.05) is 0 Å².